The van der Waals surface area contributed by atoms with Gasteiger partial charge in [-0.1, -0.05) is 44.2 Å². The SMILES string of the molecule is CC(CC(=O)c1ccc(CCC(=O)/C=C/c2cccnc2)cc1)C(C)c1cc(F)ccc1N. The van der Waals surface area contributed by atoms with Crippen LogP contribution in [-0.4, -0.2) is 16.6 Å². The standard InChI is InChI=1S/C28H29FN2O2/c1-19(20(2)26-17-24(29)11-14-27(26)30)16-28(33)23-9-5-21(6-10-23)7-12-25(32)13-8-22-4-3-15-31-18-22/h3-6,8-11,13-15,17-20H,7,12,16,30H2,1-2H3/b13-8+. The summed E-state index contributed by atoms with van der Waals surface area (Å²) >= 11 is 0. The zero-order chi connectivity index (χ0) is 23.8. The third kappa shape index (κ3) is 6.94. The molecule has 0 amide bonds. The summed E-state index contributed by atoms with van der Waals surface area (Å²) in [5.74, 6) is -0.295. The van der Waals surface area contributed by atoms with E-state index in [0.717, 1.165) is 16.7 Å². The van der Waals surface area contributed by atoms with Crippen molar-refractivity contribution in [1.82, 2.24) is 4.98 Å². The van der Waals surface area contributed by atoms with Gasteiger partial charge in [-0.05, 0) is 71.4 Å². The molecule has 4 nitrogen and oxygen atoms in total. The van der Waals surface area contributed by atoms with Crippen molar-refractivity contribution < 1.29 is 14.0 Å². The molecule has 3 rings (SSSR count). The van der Waals surface area contributed by atoms with E-state index in [9.17, 15) is 14.0 Å². The molecule has 2 aromatic carbocycles. The molecule has 2 unspecified atom stereocenters. The van der Waals surface area contributed by atoms with E-state index in [0.29, 0.717) is 30.5 Å². The summed E-state index contributed by atoms with van der Waals surface area (Å²) in [4.78, 5) is 28.9. The second-order valence-corrected chi connectivity index (χ2v) is 8.45. The molecule has 0 saturated carbocycles. The van der Waals surface area contributed by atoms with Crippen molar-refractivity contribution in [2.45, 2.75) is 39.0 Å². The number of aromatic nitrogens is 1. The minimum atomic E-state index is -0.328. The van der Waals surface area contributed by atoms with Crippen LogP contribution in [0.25, 0.3) is 6.08 Å². The average Bonchev–Trinajstić information content (AvgIpc) is 2.83. The number of ketones is 2. The number of aryl methyl sites for hydroxylation is 1. The van der Waals surface area contributed by atoms with Gasteiger partial charge in [0.2, 0.25) is 0 Å². The molecule has 5 heteroatoms. The maximum atomic E-state index is 13.6. The van der Waals surface area contributed by atoms with Crippen LogP contribution in [-0.2, 0) is 11.2 Å². The van der Waals surface area contributed by atoms with Gasteiger partial charge in [0, 0.05) is 36.5 Å². The molecule has 0 spiro atoms. The number of rotatable bonds is 10. The van der Waals surface area contributed by atoms with Crippen molar-refractivity contribution in [3.63, 3.8) is 0 Å². The van der Waals surface area contributed by atoms with Gasteiger partial charge in [-0.25, -0.2) is 4.39 Å². The molecule has 0 fully saturated rings. The van der Waals surface area contributed by atoms with Gasteiger partial charge in [0.25, 0.3) is 0 Å². The van der Waals surface area contributed by atoms with Gasteiger partial charge in [-0.3, -0.25) is 14.6 Å². The lowest BCUT2D eigenvalue weighted by atomic mass is 9.84. The molecule has 1 aromatic heterocycles. The van der Waals surface area contributed by atoms with Crippen LogP contribution in [0.4, 0.5) is 10.1 Å². The number of hydrogen-bond donors (Lipinski definition) is 1. The van der Waals surface area contributed by atoms with Crippen LogP contribution in [0.2, 0.25) is 0 Å². The second-order valence-electron chi connectivity index (χ2n) is 8.45. The summed E-state index contributed by atoms with van der Waals surface area (Å²) in [7, 11) is 0. The minimum Gasteiger partial charge on any atom is -0.398 e. The molecule has 170 valence electrons. The number of halogens is 1. The fraction of sp³-hybridized carbons (Fsp3) is 0.250. The summed E-state index contributed by atoms with van der Waals surface area (Å²) in [5.41, 5.74) is 9.79. The van der Waals surface area contributed by atoms with E-state index >= 15 is 0 Å². The molecular weight excluding hydrogens is 415 g/mol. The van der Waals surface area contributed by atoms with Crippen molar-refractivity contribution in [3.8, 4) is 0 Å². The van der Waals surface area contributed by atoms with Crippen molar-refractivity contribution in [2.75, 3.05) is 5.73 Å². The Morgan fingerprint density at radius 2 is 1.85 bits per heavy atom. The largest absolute Gasteiger partial charge is 0.398 e. The number of carbonyl (C=O) groups excluding carboxylic acids is 2. The lowest BCUT2D eigenvalue weighted by Gasteiger charge is -2.21. The van der Waals surface area contributed by atoms with Crippen LogP contribution < -0.4 is 5.73 Å². The molecule has 0 aliphatic heterocycles. The van der Waals surface area contributed by atoms with Crippen LogP contribution in [0.3, 0.4) is 0 Å². The number of pyridine rings is 1. The first kappa shape index (κ1) is 24.1. The lowest BCUT2D eigenvalue weighted by molar-refractivity contribution is -0.114. The number of benzene rings is 2. The van der Waals surface area contributed by atoms with Crippen molar-refractivity contribution in [3.05, 3.63) is 101 Å². The van der Waals surface area contributed by atoms with E-state index in [1.807, 2.05) is 50.2 Å². The summed E-state index contributed by atoms with van der Waals surface area (Å²) < 4.78 is 13.6. The number of hydrogen-bond acceptors (Lipinski definition) is 4. The molecule has 1 heterocycles. The Kier molecular flexibility index (Phi) is 8.25. The zero-order valence-electron chi connectivity index (χ0n) is 19.0. The van der Waals surface area contributed by atoms with Crippen LogP contribution in [0, 0.1) is 11.7 Å². The van der Waals surface area contributed by atoms with Crippen LogP contribution in [0.15, 0.2) is 73.1 Å². The van der Waals surface area contributed by atoms with Gasteiger partial charge >= 0.3 is 0 Å². The number of nitrogens with two attached hydrogens (primary N) is 1. The van der Waals surface area contributed by atoms with Crippen molar-refractivity contribution >= 4 is 23.3 Å². The van der Waals surface area contributed by atoms with Crippen LogP contribution in [0.1, 0.15) is 59.7 Å². The van der Waals surface area contributed by atoms with E-state index in [1.54, 1.807) is 30.6 Å². The second kappa shape index (κ2) is 11.3. The Morgan fingerprint density at radius 3 is 2.55 bits per heavy atom. The molecule has 3 aromatic rings. The van der Waals surface area contributed by atoms with E-state index in [4.69, 9.17) is 5.73 Å². The number of Topliss-reactive ketones (excluding diaryl/α,β-unsaturated/α-hetero) is 1. The molecule has 0 saturated heterocycles. The van der Waals surface area contributed by atoms with Crippen LogP contribution in [0.5, 0.6) is 0 Å². The summed E-state index contributed by atoms with van der Waals surface area (Å²) in [6.45, 7) is 3.94. The van der Waals surface area contributed by atoms with Gasteiger partial charge in [-0.2, -0.15) is 0 Å². The topological polar surface area (TPSA) is 73.0 Å². The summed E-state index contributed by atoms with van der Waals surface area (Å²) in [6, 6.07) is 15.5. The Hall–Kier alpha value is -3.60. The zero-order valence-corrected chi connectivity index (χ0v) is 19.0. The summed E-state index contributed by atoms with van der Waals surface area (Å²) in [5, 5.41) is 0. The smallest absolute Gasteiger partial charge is 0.163 e. The average molecular weight is 445 g/mol. The van der Waals surface area contributed by atoms with E-state index in [-0.39, 0.29) is 29.2 Å². The Balaban J connectivity index is 1.52. The van der Waals surface area contributed by atoms with Crippen molar-refractivity contribution in [2.24, 2.45) is 5.92 Å². The molecule has 33 heavy (non-hydrogen) atoms. The van der Waals surface area contributed by atoms with Gasteiger partial charge in [0.15, 0.2) is 11.6 Å². The maximum absolute atomic E-state index is 13.6. The monoisotopic (exact) mass is 444 g/mol. The van der Waals surface area contributed by atoms with E-state index in [2.05, 4.69) is 4.98 Å². The predicted octanol–water partition coefficient (Wildman–Crippen LogP) is 6.03. The number of anilines is 1. The molecule has 0 aliphatic carbocycles. The Labute approximate surface area is 194 Å². The third-order valence-electron chi connectivity index (χ3n) is 5.98. The fourth-order valence-electron chi connectivity index (χ4n) is 3.71. The molecular formula is C28H29FN2O2. The molecule has 0 radical (unpaired) electrons. The lowest BCUT2D eigenvalue weighted by Crippen LogP contribution is -2.14. The number of nitrogens with zero attached hydrogens (tertiary/aromatic N) is 1. The fourth-order valence-corrected chi connectivity index (χ4v) is 3.71. The van der Waals surface area contributed by atoms with Crippen LogP contribution >= 0.6 is 0 Å². The Morgan fingerprint density at radius 1 is 1.09 bits per heavy atom. The highest BCUT2D eigenvalue weighted by molar-refractivity contribution is 5.96. The maximum Gasteiger partial charge on any atom is 0.163 e. The first-order valence-electron chi connectivity index (χ1n) is 11.1. The minimum absolute atomic E-state index is 0.00509. The van der Waals surface area contributed by atoms with Gasteiger partial charge in [0.1, 0.15) is 5.82 Å². The summed E-state index contributed by atoms with van der Waals surface area (Å²) in [6.07, 6.45) is 8.07. The third-order valence-corrected chi connectivity index (χ3v) is 5.98. The number of nitrogen functional groups attached to an aromatic ring is 1. The normalized spacial score (nSPS) is 13.1. The highest BCUT2D eigenvalue weighted by atomic mass is 19.1. The van der Waals surface area contributed by atoms with E-state index in [1.165, 1.54) is 12.1 Å². The molecule has 0 aliphatic rings. The molecule has 2 atom stereocenters. The molecule has 2 N–H and O–H groups in total. The highest BCUT2D eigenvalue weighted by Crippen LogP contribution is 2.31. The van der Waals surface area contributed by atoms with Gasteiger partial charge in [-0.15, -0.1) is 0 Å². The first-order chi connectivity index (χ1) is 15.8. The number of allylic oxidation sites excluding steroid dienone is 1. The Bertz CT molecular complexity index is 1120. The highest BCUT2D eigenvalue weighted by Gasteiger charge is 2.21. The first-order valence-corrected chi connectivity index (χ1v) is 11.1. The predicted molar refractivity (Wildman–Crippen MR) is 130 cm³/mol. The van der Waals surface area contributed by atoms with E-state index < -0.39 is 0 Å². The number of carbonyl (C=O) groups is 2. The van der Waals surface area contributed by atoms with Gasteiger partial charge in [0.05, 0.1) is 0 Å². The molecule has 0 bridgehead atoms. The van der Waals surface area contributed by atoms with Crippen molar-refractivity contribution in [1.29, 1.82) is 0 Å². The quantitative estimate of drug-likeness (QED) is 0.235. The van der Waals surface area contributed by atoms with Gasteiger partial charge < -0.3 is 5.73 Å².